The topological polar surface area (TPSA) is 95.4 Å². The summed E-state index contributed by atoms with van der Waals surface area (Å²) >= 11 is 0. The third-order valence-electron chi connectivity index (χ3n) is 2.79. The van der Waals surface area contributed by atoms with Crippen molar-refractivity contribution in [1.29, 1.82) is 0 Å². The molecule has 8 nitrogen and oxygen atoms in total. The molecule has 0 saturated heterocycles. The summed E-state index contributed by atoms with van der Waals surface area (Å²) in [5, 5.41) is 11.7. The number of ether oxygens (including phenoxy) is 1. The second-order valence-electron chi connectivity index (χ2n) is 4.04. The Hall–Kier alpha value is -2.77. The molecule has 0 saturated carbocycles. The smallest absolute Gasteiger partial charge is 0.343 e. The predicted octanol–water partition coefficient (Wildman–Crippen LogP) is 1.26. The van der Waals surface area contributed by atoms with Crippen molar-refractivity contribution in [2.75, 3.05) is 6.61 Å². The first-order chi connectivity index (χ1) is 9.72. The lowest BCUT2D eigenvalue weighted by molar-refractivity contribution is 0.0528. The Morgan fingerprint density at radius 1 is 1.45 bits per heavy atom. The van der Waals surface area contributed by atoms with Gasteiger partial charge in [-0.3, -0.25) is 0 Å². The van der Waals surface area contributed by atoms with E-state index in [2.05, 4.69) is 25.0 Å². The zero-order chi connectivity index (χ0) is 14.1. The van der Waals surface area contributed by atoms with Gasteiger partial charge in [0.2, 0.25) is 0 Å². The first kappa shape index (κ1) is 12.3. The molecule has 0 aromatic carbocycles. The summed E-state index contributed by atoms with van der Waals surface area (Å²) in [4.78, 5) is 16.0. The maximum Gasteiger partial charge on any atom is 0.343 e. The van der Waals surface area contributed by atoms with Gasteiger partial charge in [-0.05, 0) is 25.1 Å². The van der Waals surface area contributed by atoms with Crippen molar-refractivity contribution < 1.29 is 14.2 Å². The van der Waals surface area contributed by atoms with Crippen LogP contribution in [0.4, 0.5) is 0 Å². The van der Waals surface area contributed by atoms with Crippen LogP contribution in [0.1, 0.15) is 23.0 Å². The standard InChI is InChI=1S/C12H11N5O3/c1-3-19-12(18)8-6-14-17-9(4-5-13-11(8)17)10-7(2)15-20-16-10/h4-6H,3H2,1-2H3. The fourth-order valence-corrected chi connectivity index (χ4v) is 1.89. The molecule has 0 N–H and O–H groups in total. The molecule has 3 aromatic rings. The van der Waals surface area contributed by atoms with Crippen LogP contribution in [0.5, 0.6) is 0 Å². The summed E-state index contributed by atoms with van der Waals surface area (Å²) < 4.78 is 11.2. The maximum absolute atomic E-state index is 11.8. The van der Waals surface area contributed by atoms with Crippen LogP contribution >= 0.6 is 0 Å². The van der Waals surface area contributed by atoms with Gasteiger partial charge in [0.1, 0.15) is 11.3 Å². The monoisotopic (exact) mass is 273 g/mol. The van der Waals surface area contributed by atoms with Crippen molar-refractivity contribution in [3.8, 4) is 11.4 Å². The van der Waals surface area contributed by atoms with E-state index in [1.807, 2.05) is 0 Å². The molecule has 0 unspecified atom stereocenters. The Kier molecular flexibility index (Phi) is 2.90. The van der Waals surface area contributed by atoms with Gasteiger partial charge >= 0.3 is 5.97 Å². The number of carbonyl (C=O) groups is 1. The van der Waals surface area contributed by atoms with Crippen molar-refractivity contribution in [2.45, 2.75) is 13.8 Å². The number of hydrogen-bond acceptors (Lipinski definition) is 7. The molecule has 0 amide bonds. The molecule has 8 heteroatoms. The van der Waals surface area contributed by atoms with Gasteiger partial charge in [0.25, 0.3) is 0 Å². The third-order valence-corrected chi connectivity index (χ3v) is 2.79. The number of fused-ring (bicyclic) bond motifs is 1. The number of rotatable bonds is 3. The van der Waals surface area contributed by atoms with Crippen LogP contribution in [0.2, 0.25) is 0 Å². The Labute approximate surface area is 113 Å². The lowest BCUT2D eigenvalue weighted by Gasteiger charge is -2.02. The molecule has 3 aromatic heterocycles. The average molecular weight is 273 g/mol. The minimum atomic E-state index is -0.456. The average Bonchev–Trinajstić information content (AvgIpc) is 3.04. The van der Waals surface area contributed by atoms with Gasteiger partial charge in [0.15, 0.2) is 11.3 Å². The molecule has 0 aliphatic heterocycles. The van der Waals surface area contributed by atoms with Gasteiger partial charge in [-0.2, -0.15) is 5.10 Å². The summed E-state index contributed by atoms with van der Waals surface area (Å²) in [5.74, 6) is -0.456. The molecule has 0 bridgehead atoms. The molecule has 0 aliphatic carbocycles. The van der Waals surface area contributed by atoms with E-state index in [9.17, 15) is 4.79 Å². The minimum Gasteiger partial charge on any atom is -0.462 e. The molecule has 0 spiro atoms. The van der Waals surface area contributed by atoms with Crippen molar-refractivity contribution in [3.05, 3.63) is 29.7 Å². The third kappa shape index (κ3) is 1.81. The van der Waals surface area contributed by atoms with Crippen LogP contribution < -0.4 is 0 Å². The van der Waals surface area contributed by atoms with E-state index in [1.165, 1.54) is 10.7 Å². The number of aromatic nitrogens is 5. The highest BCUT2D eigenvalue weighted by Crippen LogP contribution is 2.21. The number of hydrogen-bond donors (Lipinski definition) is 0. The van der Waals surface area contributed by atoms with Crippen LogP contribution in [0.15, 0.2) is 23.1 Å². The second kappa shape index (κ2) is 4.72. The second-order valence-corrected chi connectivity index (χ2v) is 4.04. The number of esters is 1. The molecular weight excluding hydrogens is 262 g/mol. The lowest BCUT2D eigenvalue weighted by Crippen LogP contribution is -2.05. The summed E-state index contributed by atoms with van der Waals surface area (Å²) in [6, 6.07) is 1.72. The first-order valence-electron chi connectivity index (χ1n) is 6.01. The quantitative estimate of drug-likeness (QED) is 0.663. The molecular formula is C12H11N5O3. The van der Waals surface area contributed by atoms with Gasteiger partial charge in [-0.1, -0.05) is 5.16 Å². The molecule has 102 valence electrons. The summed E-state index contributed by atoms with van der Waals surface area (Å²) in [6.45, 7) is 3.81. The van der Waals surface area contributed by atoms with Crippen LogP contribution in [0.25, 0.3) is 17.0 Å². The Morgan fingerprint density at radius 3 is 3.00 bits per heavy atom. The van der Waals surface area contributed by atoms with Crippen LogP contribution in [-0.4, -0.2) is 37.5 Å². The van der Waals surface area contributed by atoms with E-state index in [1.54, 1.807) is 26.1 Å². The molecule has 0 aliphatic rings. The largest absolute Gasteiger partial charge is 0.462 e. The van der Waals surface area contributed by atoms with Crippen molar-refractivity contribution in [2.24, 2.45) is 0 Å². The fourth-order valence-electron chi connectivity index (χ4n) is 1.89. The predicted molar refractivity (Wildman–Crippen MR) is 67.0 cm³/mol. The minimum absolute atomic E-state index is 0.294. The van der Waals surface area contributed by atoms with Crippen LogP contribution in [-0.2, 0) is 4.74 Å². The molecule has 0 atom stereocenters. The number of nitrogens with zero attached hydrogens (tertiary/aromatic N) is 5. The lowest BCUT2D eigenvalue weighted by atomic mass is 10.2. The Balaban J connectivity index is 2.18. The molecule has 3 heterocycles. The summed E-state index contributed by atoms with van der Waals surface area (Å²) in [6.07, 6.45) is 3.00. The van der Waals surface area contributed by atoms with Crippen LogP contribution in [0.3, 0.4) is 0 Å². The van der Waals surface area contributed by atoms with E-state index in [-0.39, 0.29) is 0 Å². The van der Waals surface area contributed by atoms with Gasteiger partial charge in [0, 0.05) is 6.20 Å². The van der Waals surface area contributed by atoms with E-state index >= 15 is 0 Å². The highest BCUT2D eigenvalue weighted by Gasteiger charge is 2.19. The first-order valence-corrected chi connectivity index (χ1v) is 6.01. The Bertz CT molecular complexity index is 776. The Morgan fingerprint density at radius 2 is 2.30 bits per heavy atom. The zero-order valence-electron chi connectivity index (χ0n) is 10.9. The molecule has 3 rings (SSSR count). The zero-order valence-corrected chi connectivity index (χ0v) is 10.9. The molecule has 20 heavy (non-hydrogen) atoms. The van der Waals surface area contributed by atoms with Crippen molar-refractivity contribution in [1.82, 2.24) is 24.9 Å². The van der Waals surface area contributed by atoms with E-state index in [0.717, 1.165) is 0 Å². The SMILES string of the molecule is CCOC(=O)c1cnn2c(-c3nonc3C)ccnc12. The van der Waals surface area contributed by atoms with Gasteiger partial charge in [-0.15, -0.1) is 0 Å². The highest BCUT2D eigenvalue weighted by molar-refractivity contribution is 5.95. The summed E-state index contributed by atoms with van der Waals surface area (Å²) in [7, 11) is 0. The molecule has 0 radical (unpaired) electrons. The highest BCUT2D eigenvalue weighted by atomic mass is 16.6. The van der Waals surface area contributed by atoms with E-state index < -0.39 is 5.97 Å². The van der Waals surface area contributed by atoms with Crippen molar-refractivity contribution >= 4 is 11.6 Å². The number of carbonyl (C=O) groups excluding carboxylic acids is 1. The summed E-state index contributed by atoms with van der Waals surface area (Å²) in [5.41, 5.74) is 2.54. The molecule has 0 fully saturated rings. The number of aryl methyl sites for hydroxylation is 1. The van der Waals surface area contributed by atoms with Gasteiger partial charge < -0.3 is 4.74 Å². The van der Waals surface area contributed by atoms with E-state index in [0.29, 0.717) is 34.9 Å². The van der Waals surface area contributed by atoms with Gasteiger partial charge in [0.05, 0.1) is 18.5 Å². The van der Waals surface area contributed by atoms with E-state index in [4.69, 9.17) is 4.74 Å². The maximum atomic E-state index is 11.8. The fraction of sp³-hybridized carbons (Fsp3) is 0.250. The normalized spacial score (nSPS) is 10.9. The van der Waals surface area contributed by atoms with Crippen LogP contribution in [0, 0.1) is 6.92 Å². The van der Waals surface area contributed by atoms with Crippen molar-refractivity contribution in [3.63, 3.8) is 0 Å². The van der Waals surface area contributed by atoms with Gasteiger partial charge in [-0.25, -0.2) is 18.9 Å².